The van der Waals surface area contributed by atoms with E-state index < -0.39 is 0 Å². The lowest BCUT2D eigenvalue weighted by molar-refractivity contribution is 0.102. The van der Waals surface area contributed by atoms with Crippen LogP contribution in [-0.2, 0) is 0 Å². The Morgan fingerprint density at radius 3 is 2.59 bits per heavy atom. The minimum Gasteiger partial charge on any atom is -0.497 e. The molecule has 7 heteroatoms. The van der Waals surface area contributed by atoms with E-state index in [0.29, 0.717) is 37.4 Å². The number of hydrogen-bond donors (Lipinski definition) is 0. The van der Waals surface area contributed by atoms with Crippen LogP contribution in [0.25, 0.3) is 22.3 Å². The van der Waals surface area contributed by atoms with E-state index >= 15 is 0 Å². The lowest BCUT2D eigenvalue weighted by atomic mass is 10.1. The molecule has 4 rings (SSSR count). The number of halogens is 1. The van der Waals surface area contributed by atoms with Crippen molar-refractivity contribution >= 4 is 44.8 Å². The quantitative estimate of drug-likeness (QED) is 0.379. The van der Waals surface area contributed by atoms with Gasteiger partial charge in [-0.05, 0) is 49.4 Å². The number of nitrogens with zero attached hydrogens (tertiary/aromatic N) is 2. The molecule has 0 saturated carbocycles. The van der Waals surface area contributed by atoms with Crippen LogP contribution in [0.5, 0.6) is 5.75 Å². The maximum Gasteiger partial charge on any atom is 0.210 e. The Morgan fingerprint density at radius 2 is 1.93 bits per heavy atom. The van der Waals surface area contributed by atoms with Gasteiger partial charge < -0.3 is 9.15 Å². The van der Waals surface area contributed by atoms with Crippen LogP contribution in [0.4, 0.5) is 5.13 Å². The SMILES string of the molecule is COc1ccc(-c2cc(=Nc3nc(C)c(C(C)=O)s3)c3cc(Cl)ccc3o2)cc1. The molecule has 0 bridgehead atoms. The third-order valence-electron chi connectivity index (χ3n) is 4.40. The Hall–Kier alpha value is -2.96. The number of rotatable bonds is 4. The van der Waals surface area contributed by atoms with Crippen molar-refractivity contribution in [3.8, 4) is 17.1 Å². The van der Waals surface area contributed by atoms with Crippen LogP contribution in [0.2, 0.25) is 5.02 Å². The number of Topliss-reactive ketones (excluding diaryl/α,β-unsaturated/α-hetero) is 1. The molecular weight excluding hydrogens is 408 g/mol. The molecule has 0 atom stereocenters. The highest BCUT2D eigenvalue weighted by Crippen LogP contribution is 2.28. The van der Waals surface area contributed by atoms with Gasteiger partial charge in [-0.2, -0.15) is 0 Å². The predicted molar refractivity (Wildman–Crippen MR) is 115 cm³/mol. The highest BCUT2D eigenvalue weighted by Gasteiger charge is 2.12. The minimum absolute atomic E-state index is 0.0173. The normalized spacial score (nSPS) is 11.8. The van der Waals surface area contributed by atoms with Gasteiger partial charge in [-0.3, -0.25) is 4.79 Å². The predicted octanol–water partition coefficient (Wildman–Crippen LogP) is 5.96. The topological polar surface area (TPSA) is 64.7 Å². The number of carbonyl (C=O) groups is 1. The first-order valence-corrected chi connectivity index (χ1v) is 10.0. The molecule has 2 heterocycles. The van der Waals surface area contributed by atoms with Crippen LogP contribution in [-0.4, -0.2) is 17.9 Å². The molecule has 0 unspecified atom stereocenters. The highest BCUT2D eigenvalue weighted by atomic mass is 35.5. The molecule has 0 amide bonds. The molecule has 0 aliphatic carbocycles. The van der Waals surface area contributed by atoms with Crippen LogP contribution in [0.1, 0.15) is 22.3 Å². The van der Waals surface area contributed by atoms with Crippen molar-refractivity contribution in [2.45, 2.75) is 13.8 Å². The Labute approximate surface area is 176 Å². The van der Waals surface area contributed by atoms with Crippen molar-refractivity contribution in [3.63, 3.8) is 0 Å². The Kier molecular flexibility index (Phi) is 5.22. The molecule has 2 aromatic heterocycles. The second-order valence-corrected chi connectivity index (χ2v) is 7.86. The summed E-state index contributed by atoms with van der Waals surface area (Å²) in [5.74, 6) is 1.40. The number of ether oxygens (including phenoxy) is 1. The van der Waals surface area contributed by atoms with Crippen molar-refractivity contribution in [3.05, 3.63) is 69.5 Å². The van der Waals surface area contributed by atoms with E-state index in [9.17, 15) is 4.79 Å². The Morgan fingerprint density at radius 1 is 1.17 bits per heavy atom. The average Bonchev–Trinajstić information content (AvgIpc) is 3.08. The van der Waals surface area contributed by atoms with E-state index in [1.54, 1.807) is 13.2 Å². The summed E-state index contributed by atoms with van der Waals surface area (Å²) in [4.78, 5) is 21.5. The summed E-state index contributed by atoms with van der Waals surface area (Å²) in [5, 5.41) is 2.54. The molecular formula is C22H17ClN2O3S. The summed E-state index contributed by atoms with van der Waals surface area (Å²) in [6.45, 7) is 3.34. The first-order chi connectivity index (χ1) is 13.9. The van der Waals surface area contributed by atoms with Gasteiger partial charge in [0.05, 0.1) is 23.0 Å². The number of hydrogen-bond acceptors (Lipinski definition) is 6. The van der Waals surface area contributed by atoms with Gasteiger partial charge in [0, 0.05) is 29.0 Å². The fourth-order valence-corrected chi connectivity index (χ4v) is 4.01. The molecule has 146 valence electrons. The van der Waals surface area contributed by atoms with E-state index in [1.807, 2.05) is 49.4 Å². The molecule has 0 spiro atoms. The first kappa shape index (κ1) is 19.4. The zero-order valence-corrected chi connectivity index (χ0v) is 17.6. The molecule has 0 aliphatic rings. The van der Waals surface area contributed by atoms with Crippen LogP contribution < -0.4 is 10.1 Å². The van der Waals surface area contributed by atoms with Gasteiger partial charge in [-0.25, -0.2) is 9.98 Å². The maximum absolute atomic E-state index is 11.8. The maximum atomic E-state index is 11.8. The van der Waals surface area contributed by atoms with Crippen LogP contribution in [0, 0.1) is 6.92 Å². The zero-order valence-electron chi connectivity index (χ0n) is 16.0. The van der Waals surface area contributed by atoms with E-state index in [2.05, 4.69) is 4.98 Å². The number of fused-ring (bicyclic) bond motifs is 1. The van der Waals surface area contributed by atoms with E-state index in [1.165, 1.54) is 18.3 Å². The van der Waals surface area contributed by atoms with Gasteiger partial charge in [-0.1, -0.05) is 22.9 Å². The molecule has 0 N–H and O–H groups in total. The highest BCUT2D eigenvalue weighted by molar-refractivity contribution is 7.17. The van der Waals surface area contributed by atoms with Crippen molar-refractivity contribution < 1.29 is 13.9 Å². The summed E-state index contributed by atoms with van der Waals surface area (Å²) in [7, 11) is 1.63. The van der Waals surface area contributed by atoms with Crippen molar-refractivity contribution in [1.82, 2.24) is 4.98 Å². The minimum atomic E-state index is -0.0173. The molecule has 2 aromatic carbocycles. The lowest BCUT2D eigenvalue weighted by Crippen LogP contribution is -2.03. The third kappa shape index (κ3) is 3.95. The van der Waals surface area contributed by atoms with Crippen LogP contribution in [0.15, 0.2) is 57.9 Å². The number of aryl methyl sites for hydroxylation is 1. The van der Waals surface area contributed by atoms with Gasteiger partial charge in [0.2, 0.25) is 5.13 Å². The molecule has 29 heavy (non-hydrogen) atoms. The monoisotopic (exact) mass is 424 g/mol. The van der Waals surface area contributed by atoms with Gasteiger partial charge in [0.1, 0.15) is 17.1 Å². The fraction of sp³-hybridized carbons (Fsp3) is 0.136. The molecule has 0 radical (unpaired) electrons. The van der Waals surface area contributed by atoms with Crippen molar-refractivity contribution in [1.29, 1.82) is 0 Å². The first-order valence-electron chi connectivity index (χ1n) is 8.85. The second kappa shape index (κ2) is 7.81. The zero-order chi connectivity index (χ0) is 20.5. The second-order valence-electron chi connectivity index (χ2n) is 6.44. The number of benzene rings is 2. The Bertz CT molecular complexity index is 1290. The van der Waals surface area contributed by atoms with Gasteiger partial charge in [0.25, 0.3) is 0 Å². The summed E-state index contributed by atoms with van der Waals surface area (Å²) >= 11 is 7.47. The number of ketones is 1. The third-order valence-corrected chi connectivity index (χ3v) is 5.79. The van der Waals surface area contributed by atoms with Crippen molar-refractivity contribution in [2.75, 3.05) is 7.11 Å². The average molecular weight is 425 g/mol. The number of methoxy groups -OCH3 is 1. The summed E-state index contributed by atoms with van der Waals surface area (Å²) in [6.07, 6.45) is 0. The standard InChI is InChI=1S/C22H17ClN2O3S/c1-12-21(13(2)26)29-22(24-12)25-18-11-20(14-4-7-16(27-3)8-5-14)28-19-9-6-15(23)10-17(18)19/h4-11H,1-3H3. The summed E-state index contributed by atoms with van der Waals surface area (Å²) in [5.41, 5.74) is 2.22. The van der Waals surface area contributed by atoms with E-state index in [-0.39, 0.29) is 5.78 Å². The van der Waals surface area contributed by atoms with E-state index in [0.717, 1.165) is 16.7 Å². The molecule has 0 fully saturated rings. The lowest BCUT2D eigenvalue weighted by Gasteiger charge is -2.06. The van der Waals surface area contributed by atoms with Crippen LogP contribution in [0.3, 0.4) is 0 Å². The molecule has 0 aliphatic heterocycles. The smallest absolute Gasteiger partial charge is 0.210 e. The molecule has 4 aromatic rings. The van der Waals surface area contributed by atoms with Crippen molar-refractivity contribution in [2.24, 2.45) is 4.99 Å². The van der Waals surface area contributed by atoms with Crippen LogP contribution >= 0.6 is 22.9 Å². The number of thiazole rings is 1. The largest absolute Gasteiger partial charge is 0.497 e. The number of carbonyl (C=O) groups excluding carboxylic acids is 1. The number of aromatic nitrogens is 1. The summed E-state index contributed by atoms with van der Waals surface area (Å²) < 4.78 is 11.3. The summed E-state index contributed by atoms with van der Waals surface area (Å²) in [6, 6.07) is 14.8. The van der Waals surface area contributed by atoms with Gasteiger partial charge >= 0.3 is 0 Å². The van der Waals surface area contributed by atoms with Gasteiger partial charge in [-0.15, -0.1) is 0 Å². The van der Waals surface area contributed by atoms with E-state index in [4.69, 9.17) is 25.7 Å². The fourth-order valence-electron chi connectivity index (χ4n) is 2.99. The molecule has 5 nitrogen and oxygen atoms in total. The Balaban J connectivity index is 1.94. The molecule has 0 saturated heterocycles. The van der Waals surface area contributed by atoms with Gasteiger partial charge in [0.15, 0.2) is 5.78 Å².